The summed E-state index contributed by atoms with van der Waals surface area (Å²) in [7, 11) is 0. The van der Waals surface area contributed by atoms with E-state index in [1.807, 2.05) is 40.2 Å². The Bertz CT molecular complexity index is 759. The Labute approximate surface area is 153 Å². The van der Waals surface area contributed by atoms with Gasteiger partial charge in [0, 0.05) is 5.92 Å². The number of benzene rings is 1. The van der Waals surface area contributed by atoms with Gasteiger partial charge < -0.3 is 9.88 Å². The molecule has 2 aromatic rings. The third-order valence-corrected chi connectivity index (χ3v) is 5.07. The van der Waals surface area contributed by atoms with Gasteiger partial charge in [-0.3, -0.25) is 4.79 Å². The molecule has 9 heteroatoms. The first-order chi connectivity index (χ1) is 12.3. The van der Waals surface area contributed by atoms with E-state index in [2.05, 4.69) is 10.2 Å². The van der Waals surface area contributed by atoms with Gasteiger partial charge in [0.1, 0.15) is 12.4 Å². The Hall–Kier alpha value is -2.03. The molecule has 3 rings (SSSR count). The highest BCUT2D eigenvalue weighted by atomic mass is 32.2. The molecule has 1 heterocycles. The second kappa shape index (κ2) is 7.69. The van der Waals surface area contributed by atoms with E-state index in [9.17, 15) is 18.0 Å². The van der Waals surface area contributed by atoms with E-state index in [-0.39, 0.29) is 0 Å². The number of nitrogens with zero attached hydrogens (tertiary/aromatic N) is 3. The molecule has 1 amide bonds. The van der Waals surface area contributed by atoms with Gasteiger partial charge in [0.2, 0.25) is 5.91 Å². The van der Waals surface area contributed by atoms with E-state index in [0.29, 0.717) is 17.6 Å². The lowest BCUT2D eigenvalue weighted by Gasteiger charge is -2.14. The van der Waals surface area contributed by atoms with Crippen LogP contribution in [0.25, 0.3) is 0 Å². The molecule has 0 bridgehead atoms. The number of hydrogen-bond acceptors (Lipinski definition) is 4. The fraction of sp³-hybridized carbons (Fsp3) is 0.471. The van der Waals surface area contributed by atoms with Gasteiger partial charge in [0.05, 0.1) is 11.8 Å². The number of aromatic nitrogens is 3. The van der Waals surface area contributed by atoms with Crippen molar-refractivity contribution in [2.24, 2.45) is 0 Å². The number of halogens is 3. The van der Waals surface area contributed by atoms with Gasteiger partial charge in [-0.25, -0.2) is 0 Å². The minimum Gasteiger partial charge on any atom is -0.346 e. The van der Waals surface area contributed by atoms with Crippen molar-refractivity contribution >= 4 is 17.7 Å². The molecule has 140 valence electrons. The first-order valence-corrected chi connectivity index (χ1v) is 9.19. The molecular formula is C17H19F3N4OS. The highest BCUT2D eigenvalue weighted by molar-refractivity contribution is 8.00. The summed E-state index contributed by atoms with van der Waals surface area (Å²) in [6, 6.07) is 9.79. The lowest BCUT2D eigenvalue weighted by molar-refractivity contribution is -0.137. The Morgan fingerprint density at radius 3 is 2.62 bits per heavy atom. The van der Waals surface area contributed by atoms with Crippen molar-refractivity contribution < 1.29 is 18.0 Å². The topological polar surface area (TPSA) is 59.8 Å². The zero-order valence-corrected chi connectivity index (χ0v) is 15.0. The number of carbonyl (C=O) groups is 1. The van der Waals surface area contributed by atoms with Crippen molar-refractivity contribution in [3.8, 4) is 0 Å². The Morgan fingerprint density at radius 2 is 2.00 bits per heavy atom. The minimum absolute atomic E-state index is 0.370. The number of thioether (sulfide) groups is 1. The number of amides is 1. The molecule has 1 N–H and O–H groups in total. The third-order valence-electron chi connectivity index (χ3n) is 3.99. The number of rotatable bonds is 7. The molecule has 0 spiro atoms. The molecular weight excluding hydrogens is 365 g/mol. The molecule has 1 aromatic heterocycles. The van der Waals surface area contributed by atoms with Crippen LogP contribution in [0, 0.1) is 0 Å². The van der Waals surface area contributed by atoms with Crippen LogP contribution in [0.3, 0.4) is 0 Å². The van der Waals surface area contributed by atoms with Crippen LogP contribution < -0.4 is 5.32 Å². The van der Waals surface area contributed by atoms with Gasteiger partial charge in [0.25, 0.3) is 0 Å². The van der Waals surface area contributed by atoms with Crippen molar-refractivity contribution in [3.05, 3.63) is 41.7 Å². The van der Waals surface area contributed by atoms with E-state index < -0.39 is 23.9 Å². The van der Waals surface area contributed by atoms with Gasteiger partial charge >= 0.3 is 6.18 Å². The fourth-order valence-electron chi connectivity index (χ4n) is 2.49. The van der Waals surface area contributed by atoms with E-state index in [0.717, 1.165) is 36.0 Å². The molecule has 1 aromatic carbocycles. The average Bonchev–Trinajstić information content (AvgIpc) is 3.37. The van der Waals surface area contributed by atoms with E-state index in [1.165, 1.54) is 0 Å². The highest BCUT2D eigenvalue weighted by Crippen LogP contribution is 2.40. The van der Waals surface area contributed by atoms with Crippen LogP contribution >= 0.6 is 11.8 Å². The van der Waals surface area contributed by atoms with Crippen LogP contribution in [-0.4, -0.2) is 38.6 Å². The Balaban J connectivity index is 1.72. The summed E-state index contributed by atoms with van der Waals surface area (Å²) in [5.74, 6) is 0.573. The fourth-order valence-corrected chi connectivity index (χ4v) is 3.37. The summed E-state index contributed by atoms with van der Waals surface area (Å²) in [5, 5.41) is 10.2. The average molecular weight is 384 g/mol. The van der Waals surface area contributed by atoms with Gasteiger partial charge in [0.15, 0.2) is 5.16 Å². The monoisotopic (exact) mass is 384 g/mol. The molecule has 1 fully saturated rings. The van der Waals surface area contributed by atoms with E-state index in [4.69, 9.17) is 0 Å². The summed E-state index contributed by atoms with van der Waals surface area (Å²) in [4.78, 5) is 11.9. The predicted molar refractivity (Wildman–Crippen MR) is 91.9 cm³/mol. The molecule has 0 saturated heterocycles. The maximum Gasteiger partial charge on any atom is 0.405 e. The van der Waals surface area contributed by atoms with Crippen molar-refractivity contribution in [3.63, 3.8) is 0 Å². The third kappa shape index (κ3) is 5.00. The summed E-state index contributed by atoms with van der Waals surface area (Å²) < 4.78 is 38.8. The zero-order chi connectivity index (χ0) is 18.7. The van der Waals surface area contributed by atoms with Crippen LogP contribution in [0.1, 0.15) is 37.1 Å². The SMILES string of the molecule is C[C@H](Sc1nnc(C2CC2)n1Cc1ccccc1)C(=O)NCC(F)(F)F. The first-order valence-electron chi connectivity index (χ1n) is 8.31. The van der Waals surface area contributed by atoms with Crippen LogP contribution in [0.5, 0.6) is 0 Å². The van der Waals surface area contributed by atoms with Crippen molar-refractivity contribution in [1.82, 2.24) is 20.1 Å². The number of nitrogens with one attached hydrogen (secondary N) is 1. The van der Waals surface area contributed by atoms with Gasteiger partial charge in [-0.05, 0) is 25.3 Å². The number of carbonyl (C=O) groups excluding carboxylic acids is 1. The minimum atomic E-state index is -4.42. The molecule has 26 heavy (non-hydrogen) atoms. The van der Waals surface area contributed by atoms with Crippen molar-refractivity contribution in [2.45, 2.75) is 48.8 Å². The summed E-state index contributed by atoms with van der Waals surface area (Å²) in [6.45, 7) is 0.800. The maximum atomic E-state index is 12.3. The molecule has 1 atom stereocenters. The van der Waals surface area contributed by atoms with Crippen molar-refractivity contribution in [2.75, 3.05) is 6.54 Å². The van der Waals surface area contributed by atoms with Gasteiger partial charge in [-0.1, -0.05) is 42.1 Å². The standard InChI is InChI=1S/C17H19F3N4OS/c1-11(15(25)21-10-17(18,19)20)26-16-23-22-14(13-7-8-13)24(16)9-12-5-3-2-4-6-12/h2-6,11,13H,7-10H2,1H3,(H,21,25)/t11-/m0/s1. The van der Waals surface area contributed by atoms with Crippen LogP contribution in [-0.2, 0) is 11.3 Å². The second-order valence-electron chi connectivity index (χ2n) is 6.28. The van der Waals surface area contributed by atoms with Crippen molar-refractivity contribution in [1.29, 1.82) is 0 Å². The zero-order valence-electron chi connectivity index (χ0n) is 14.2. The summed E-state index contributed by atoms with van der Waals surface area (Å²) in [5.41, 5.74) is 1.07. The molecule has 0 radical (unpaired) electrons. The first kappa shape index (κ1) is 18.8. The van der Waals surface area contributed by atoms with Crippen LogP contribution in [0.15, 0.2) is 35.5 Å². The lowest BCUT2D eigenvalue weighted by Crippen LogP contribution is -2.38. The molecule has 0 unspecified atom stereocenters. The summed E-state index contributed by atoms with van der Waals surface area (Å²) in [6.07, 6.45) is -2.31. The van der Waals surface area contributed by atoms with Crippen LogP contribution in [0.4, 0.5) is 13.2 Å². The molecule has 0 aliphatic heterocycles. The van der Waals surface area contributed by atoms with Gasteiger partial charge in [-0.15, -0.1) is 10.2 Å². The highest BCUT2D eigenvalue weighted by Gasteiger charge is 2.32. The smallest absolute Gasteiger partial charge is 0.346 e. The Morgan fingerprint density at radius 1 is 1.31 bits per heavy atom. The van der Waals surface area contributed by atoms with E-state index >= 15 is 0 Å². The molecule has 1 saturated carbocycles. The summed E-state index contributed by atoms with van der Waals surface area (Å²) >= 11 is 1.12. The maximum absolute atomic E-state index is 12.3. The molecule has 5 nitrogen and oxygen atoms in total. The second-order valence-corrected chi connectivity index (χ2v) is 7.59. The predicted octanol–water partition coefficient (Wildman–Crippen LogP) is 3.36. The van der Waals surface area contributed by atoms with E-state index in [1.54, 1.807) is 6.92 Å². The number of alkyl halides is 3. The van der Waals surface area contributed by atoms with Gasteiger partial charge in [-0.2, -0.15) is 13.2 Å². The molecule has 1 aliphatic rings. The molecule has 1 aliphatic carbocycles. The van der Waals surface area contributed by atoms with Crippen LogP contribution in [0.2, 0.25) is 0 Å². The lowest BCUT2D eigenvalue weighted by atomic mass is 10.2. The normalized spacial score (nSPS) is 15.7. The quantitative estimate of drug-likeness (QED) is 0.744. The Kier molecular flexibility index (Phi) is 5.55. The number of hydrogen-bond donors (Lipinski definition) is 1. The largest absolute Gasteiger partial charge is 0.405 e.